The van der Waals surface area contributed by atoms with E-state index in [1.807, 2.05) is 10.6 Å². The van der Waals surface area contributed by atoms with Gasteiger partial charge < -0.3 is 15.2 Å². The summed E-state index contributed by atoms with van der Waals surface area (Å²) in [4.78, 5) is 4.71. The lowest BCUT2D eigenvalue weighted by atomic mass is 10.0. The van der Waals surface area contributed by atoms with Crippen LogP contribution < -0.4 is 10.6 Å². The van der Waals surface area contributed by atoms with Crippen LogP contribution in [0.15, 0.2) is 48.0 Å². The maximum atomic E-state index is 4.71. The molecule has 0 fully saturated rings. The fourth-order valence-electron chi connectivity index (χ4n) is 2.42. The van der Waals surface area contributed by atoms with Crippen molar-refractivity contribution in [2.45, 2.75) is 39.2 Å². The largest absolute Gasteiger partial charge is 0.357 e. The van der Waals surface area contributed by atoms with E-state index < -0.39 is 0 Å². The van der Waals surface area contributed by atoms with E-state index in [2.05, 4.69) is 58.9 Å². The molecule has 1 heterocycles. The van der Waals surface area contributed by atoms with Crippen molar-refractivity contribution in [2.24, 2.45) is 4.99 Å². The highest BCUT2D eigenvalue weighted by molar-refractivity contribution is 14.0. The molecule has 7 heteroatoms. The molecule has 6 nitrogen and oxygen atoms in total. The van der Waals surface area contributed by atoms with Gasteiger partial charge in [-0.25, -0.2) is 0 Å². The van der Waals surface area contributed by atoms with Gasteiger partial charge in [-0.15, -0.1) is 34.2 Å². The lowest BCUT2D eigenvalue weighted by molar-refractivity contribution is 0.597. The molecule has 1 unspecified atom stereocenters. The highest BCUT2D eigenvalue weighted by atomic mass is 127. The summed E-state index contributed by atoms with van der Waals surface area (Å²) < 4.78 is 2.00. The number of aromatic nitrogens is 3. The topological polar surface area (TPSA) is 67.1 Å². The Labute approximate surface area is 167 Å². The maximum Gasteiger partial charge on any atom is 0.191 e. The standard InChI is InChI=1S/C18H28N6.HI/c1-3-19-18(20-11-7-8-12-24-14-22-23-15-24)21-13-16(2)17-9-5-4-6-10-17;/h4-6,9-10,14-16H,3,7-8,11-13H2,1-2H3,(H2,19,20,21);1H. The Kier molecular flexibility index (Phi) is 10.9. The zero-order valence-corrected chi connectivity index (χ0v) is 17.4. The van der Waals surface area contributed by atoms with E-state index in [0.717, 1.165) is 45.0 Å². The van der Waals surface area contributed by atoms with Gasteiger partial charge in [-0.1, -0.05) is 37.3 Å². The molecule has 0 amide bonds. The van der Waals surface area contributed by atoms with Gasteiger partial charge in [0.1, 0.15) is 12.7 Å². The summed E-state index contributed by atoms with van der Waals surface area (Å²) in [5.74, 6) is 1.31. The van der Waals surface area contributed by atoms with Crippen LogP contribution in [0, 0.1) is 0 Å². The average molecular weight is 456 g/mol. The van der Waals surface area contributed by atoms with Crippen molar-refractivity contribution < 1.29 is 0 Å². The van der Waals surface area contributed by atoms with E-state index in [1.54, 1.807) is 12.7 Å². The minimum atomic E-state index is 0. The van der Waals surface area contributed by atoms with Gasteiger partial charge in [0.25, 0.3) is 0 Å². The van der Waals surface area contributed by atoms with Gasteiger partial charge in [0, 0.05) is 32.1 Å². The van der Waals surface area contributed by atoms with Crippen LogP contribution in [0.1, 0.15) is 38.2 Å². The number of nitrogens with zero attached hydrogens (tertiary/aromatic N) is 4. The number of aryl methyl sites for hydroxylation is 1. The van der Waals surface area contributed by atoms with Gasteiger partial charge in [-0.05, 0) is 25.3 Å². The Bertz CT molecular complexity index is 585. The van der Waals surface area contributed by atoms with Gasteiger partial charge in [-0.3, -0.25) is 4.99 Å². The summed E-state index contributed by atoms with van der Waals surface area (Å²) in [5, 5.41) is 14.3. The van der Waals surface area contributed by atoms with Gasteiger partial charge in [0.2, 0.25) is 0 Å². The molecule has 0 aliphatic carbocycles. The minimum absolute atomic E-state index is 0. The molecular weight excluding hydrogens is 427 g/mol. The summed E-state index contributed by atoms with van der Waals surface area (Å²) in [7, 11) is 0. The molecule has 2 rings (SSSR count). The summed E-state index contributed by atoms with van der Waals surface area (Å²) in [6.07, 6.45) is 5.68. The van der Waals surface area contributed by atoms with E-state index in [0.29, 0.717) is 5.92 Å². The molecule has 1 atom stereocenters. The number of aliphatic imine (C=N–C) groups is 1. The molecule has 0 spiro atoms. The van der Waals surface area contributed by atoms with E-state index in [4.69, 9.17) is 4.99 Å². The normalized spacial score (nSPS) is 12.3. The van der Waals surface area contributed by atoms with Crippen LogP contribution in [0.4, 0.5) is 0 Å². The molecule has 1 aromatic carbocycles. The van der Waals surface area contributed by atoms with Crippen LogP contribution in [0.2, 0.25) is 0 Å². The maximum absolute atomic E-state index is 4.71. The number of nitrogens with one attached hydrogen (secondary N) is 2. The van der Waals surface area contributed by atoms with Gasteiger partial charge in [0.15, 0.2) is 5.96 Å². The molecule has 25 heavy (non-hydrogen) atoms. The lowest BCUT2D eigenvalue weighted by Crippen LogP contribution is -2.38. The zero-order chi connectivity index (χ0) is 17.0. The van der Waals surface area contributed by atoms with E-state index in [1.165, 1.54) is 5.56 Å². The highest BCUT2D eigenvalue weighted by Gasteiger charge is 2.04. The van der Waals surface area contributed by atoms with Crippen LogP contribution in [-0.2, 0) is 6.54 Å². The highest BCUT2D eigenvalue weighted by Crippen LogP contribution is 2.14. The van der Waals surface area contributed by atoms with Crippen LogP contribution >= 0.6 is 24.0 Å². The third-order valence-corrected chi connectivity index (χ3v) is 3.84. The van der Waals surface area contributed by atoms with E-state index in [9.17, 15) is 0 Å². The van der Waals surface area contributed by atoms with Crippen molar-refractivity contribution in [3.8, 4) is 0 Å². The third kappa shape index (κ3) is 8.33. The number of halogens is 1. The minimum Gasteiger partial charge on any atom is -0.357 e. The number of unbranched alkanes of at least 4 members (excludes halogenated alkanes) is 1. The monoisotopic (exact) mass is 456 g/mol. The van der Waals surface area contributed by atoms with Crippen LogP contribution in [0.5, 0.6) is 0 Å². The Morgan fingerprint density at radius 2 is 1.84 bits per heavy atom. The number of guanidine groups is 1. The molecule has 0 saturated carbocycles. The molecular formula is C18H29IN6. The van der Waals surface area contributed by atoms with E-state index in [-0.39, 0.29) is 24.0 Å². The van der Waals surface area contributed by atoms with Crippen molar-refractivity contribution in [1.82, 2.24) is 25.4 Å². The predicted molar refractivity (Wildman–Crippen MR) is 114 cm³/mol. The Morgan fingerprint density at radius 3 is 2.52 bits per heavy atom. The molecule has 0 saturated heterocycles. The molecule has 0 radical (unpaired) electrons. The first-order valence-electron chi connectivity index (χ1n) is 8.69. The molecule has 2 aromatic rings. The summed E-state index contributed by atoms with van der Waals surface area (Å²) in [5.41, 5.74) is 1.33. The van der Waals surface area contributed by atoms with Crippen molar-refractivity contribution in [3.63, 3.8) is 0 Å². The van der Waals surface area contributed by atoms with Crippen LogP contribution in [0.25, 0.3) is 0 Å². The van der Waals surface area contributed by atoms with Crippen LogP contribution in [-0.4, -0.2) is 40.4 Å². The van der Waals surface area contributed by atoms with Crippen molar-refractivity contribution in [3.05, 3.63) is 48.5 Å². The van der Waals surface area contributed by atoms with Crippen molar-refractivity contribution >= 4 is 29.9 Å². The molecule has 0 bridgehead atoms. The lowest BCUT2D eigenvalue weighted by Gasteiger charge is -2.13. The summed E-state index contributed by atoms with van der Waals surface area (Å²) in [6, 6.07) is 10.5. The summed E-state index contributed by atoms with van der Waals surface area (Å²) in [6.45, 7) is 7.80. The molecule has 0 aliphatic heterocycles. The molecule has 0 aliphatic rings. The Morgan fingerprint density at radius 1 is 1.12 bits per heavy atom. The van der Waals surface area contributed by atoms with Gasteiger partial charge in [0.05, 0.1) is 0 Å². The smallest absolute Gasteiger partial charge is 0.191 e. The fraction of sp³-hybridized carbons (Fsp3) is 0.500. The van der Waals surface area contributed by atoms with Crippen molar-refractivity contribution in [1.29, 1.82) is 0 Å². The van der Waals surface area contributed by atoms with Crippen LogP contribution in [0.3, 0.4) is 0 Å². The van der Waals surface area contributed by atoms with Crippen molar-refractivity contribution in [2.75, 3.05) is 19.6 Å². The molecule has 1 aromatic heterocycles. The third-order valence-electron chi connectivity index (χ3n) is 3.84. The number of benzene rings is 1. The second-order valence-electron chi connectivity index (χ2n) is 5.86. The first kappa shape index (κ1) is 21.4. The second-order valence-corrected chi connectivity index (χ2v) is 5.86. The SMILES string of the molecule is CCNC(=NCC(C)c1ccccc1)NCCCCn1cnnc1.I. The van der Waals surface area contributed by atoms with Gasteiger partial charge in [-0.2, -0.15) is 0 Å². The van der Waals surface area contributed by atoms with Gasteiger partial charge >= 0.3 is 0 Å². The zero-order valence-electron chi connectivity index (χ0n) is 15.1. The number of hydrogen-bond acceptors (Lipinski definition) is 3. The Hall–Kier alpha value is -1.64. The quantitative estimate of drug-likeness (QED) is 0.264. The first-order chi connectivity index (χ1) is 11.8. The number of hydrogen-bond donors (Lipinski definition) is 2. The number of rotatable bonds is 9. The average Bonchev–Trinajstić information content (AvgIpc) is 3.13. The van der Waals surface area contributed by atoms with E-state index >= 15 is 0 Å². The first-order valence-corrected chi connectivity index (χ1v) is 8.69. The molecule has 138 valence electrons. The fourth-order valence-corrected chi connectivity index (χ4v) is 2.42. The Balaban J connectivity index is 0.00000312. The predicted octanol–water partition coefficient (Wildman–Crippen LogP) is 3.04. The summed E-state index contributed by atoms with van der Waals surface area (Å²) >= 11 is 0. The second kappa shape index (κ2) is 12.7. The molecule has 2 N–H and O–H groups in total.